The van der Waals surface area contributed by atoms with E-state index < -0.39 is 12.3 Å². The van der Waals surface area contributed by atoms with Crippen LogP contribution in [-0.2, 0) is 14.9 Å². The average Bonchev–Trinajstić information content (AvgIpc) is 2.91. The monoisotopic (exact) mass is 540 g/mol. The first-order chi connectivity index (χ1) is 18.8. The van der Waals surface area contributed by atoms with Crippen LogP contribution in [0, 0.1) is 11.8 Å². The van der Waals surface area contributed by atoms with Crippen molar-refractivity contribution in [1.82, 2.24) is 0 Å². The van der Waals surface area contributed by atoms with E-state index >= 15 is 0 Å². The Morgan fingerprint density at radius 1 is 0.615 bits per heavy atom. The summed E-state index contributed by atoms with van der Waals surface area (Å²) in [6.45, 7) is 13.2. The van der Waals surface area contributed by atoms with Gasteiger partial charge in [-0.3, -0.25) is 0 Å². The van der Waals surface area contributed by atoms with Gasteiger partial charge in [0.25, 0.3) is 0 Å². The summed E-state index contributed by atoms with van der Waals surface area (Å²) in [6.07, 6.45) is 7.50. The van der Waals surface area contributed by atoms with E-state index in [1.165, 1.54) is 36.8 Å². The first kappa shape index (κ1) is 32.2. The third-order valence-electron chi connectivity index (χ3n) is 7.43. The van der Waals surface area contributed by atoms with E-state index in [0.29, 0.717) is 23.3 Å². The summed E-state index contributed by atoms with van der Waals surface area (Å²) in [5, 5.41) is 0. The van der Waals surface area contributed by atoms with Crippen LogP contribution in [0.3, 0.4) is 0 Å². The van der Waals surface area contributed by atoms with E-state index in [0.717, 1.165) is 25.7 Å². The number of hydrogen-bond donors (Lipinski definition) is 0. The summed E-state index contributed by atoms with van der Waals surface area (Å²) in [7, 11) is 0. The van der Waals surface area contributed by atoms with Crippen LogP contribution in [0.4, 0.5) is 9.59 Å². The zero-order valence-corrected chi connectivity index (χ0v) is 24.8. The smallest absolute Gasteiger partial charge is 0.434 e. The van der Waals surface area contributed by atoms with Crippen molar-refractivity contribution >= 4 is 12.3 Å². The van der Waals surface area contributed by atoms with Crippen LogP contribution in [0.15, 0.2) is 48.5 Å². The van der Waals surface area contributed by atoms with E-state index in [-0.39, 0.29) is 18.6 Å². The molecule has 0 aliphatic carbocycles. The Balaban J connectivity index is 2.50. The number of benzene rings is 2. The van der Waals surface area contributed by atoms with Crippen molar-refractivity contribution in [2.45, 2.75) is 98.3 Å². The van der Waals surface area contributed by atoms with Crippen molar-refractivity contribution in [1.29, 1.82) is 0 Å². The lowest BCUT2D eigenvalue weighted by molar-refractivity contribution is 0.103. The number of carbonyl (C=O) groups excluding carboxylic acids is 2. The third-order valence-corrected chi connectivity index (χ3v) is 7.43. The molecule has 0 bridgehead atoms. The van der Waals surface area contributed by atoms with Crippen LogP contribution in [0.25, 0.3) is 0 Å². The average molecular weight is 541 g/mol. The summed E-state index contributed by atoms with van der Waals surface area (Å²) in [6, 6.07) is 15.7. The highest BCUT2D eigenvalue weighted by atomic mass is 16.7. The predicted molar refractivity (Wildman–Crippen MR) is 156 cm³/mol. The Morgan fingerprint density at radius 3 is 1.28 bits per heavy atom. The zero-order chi connectivity index (χ0) is 28.7. The molecule has 0 amide bonds. The fraction of sp³-hybridized carbons (Fsp3) is 0.576. The van der Waals surface area contributed by atoms with Gasteiger partial charge in [0.2, 0.25) is 0 Å². The number of carbonyl (C=O) groups is 2. The second-order valence-electron chi connectivity index (χ2n) is 10.6. The molecule has 0 saturated heterocycles. The quantitative estimate of drug-likeness (QED) is 0.156. The molecule has 0 saturated carbocycles. The fourth-order valence-electron chi connectivity index (χ4n) is 5.30. The maximum atomic E-state index is 11.9. The molecular formula is C33H48O6. The van der Waals surface area contributed by atoms with Gasteiger partial charge >= 0.3 is 12.3 Å². The second kappa shape index (κ2) is 16.8. The zero-order valence-electron chi connectivity index (χ0n) is 24.8. The Morgan fingerprint density at radius 2 is 0.974 bits per heavy atom. The maximum Gasteiger partial charge on any atom is 0.513 e. The van der Waals surface area contributed by atoms with Gasteiger partial charge in [-0.05, 0) is 86.8 Å². The lowest BCUT2D eigenvalue weighted by Crippen LogP contribution is -2.29. The van der Waals surface area contributed by atoms with E-state index in [4.69, 9.17) is 18.9 Å². The molecule has 39 heavy (non-hydrogen) atoms. The Hall–Kier alpha value is -3.02. The Kier molecular flexibility index (Phi) is 13.9. The molecule has 0 aromatic heterocycles. The van der Waals surface area contributed by atoms with Crippen molar-refractivity contribution in [3.8, 4) is 11.5 Å². The maximum absolute atomic E-state index is 11.9. The van der Waals surface area contributed by atoms with Crippen LogP contribution in [0.5, 0.6) is 11.5 Å². The predicted octanol–water partition coefficient (Wildman–Crippen LogP) is 9.48. The molecule has 216 valence electrons. The summed E-state index contributed by atoms with van der Waals surface area (Å²) in [4.78, 5) is 23.7. The molecule has 2 aromatic carbocycles. The van der Waals surface area contributed by atoms with Crippen LogP contribution in [0.1, 0.15) is 104 Å². The largest absolute Gasteiger partial charge is 0.513 e. The van der Waals surface area contributed by atoms with Gasteiger partial charge in [0, 0.05) is 5.41 Å². The Labute approximate surface area is 235 Å². The molecule has 0 aliphatic rings. The molecule has 0 fully saturated rings. The van der Waals surface area contributed by atoms with Crippen molar-refractivity contribution in [3.05, 3.63) is 59.7 Å². The highest BCUT2D eigenvalue weighted by molar-refractivity contribution is 5.64. The summed E-state index contributed by atoms with van der Waals surface area (Å²) in [5.41, 5.74) is 2.13. The van der Waals surface area contributed by atoms with Crippen LogP contribution >= 0.6 is 0 Å². The van der Waals surface area contributed by atoms with Crippen LogP contribution < -0.4 is 9.47 Å². The van der Waals surface area contributed by atoms with Crippen LogP contribution in [0.2, 0.25) is 0 Å². The summed E-state index contributed by atoms with van der Waals surface area (Å²) >= 11 is 0. The molecule has 0 aliphatic heterocycles. The minimum Gasteiger partial charge on any atom is -0.434 e. The van der Waals surface area contributed by atoms with E-state index in [1.807, 2.05) is 24.3 Å². The first-order valence-electron chi connectivity index (χ1n) is 14.7. The van der Waals surface area contributed by atoms with E-state index in [9.17, 15) is 9.59 Å². The summed E-state index contributed by atoms with van der Waals surface area (Å²) in [5.74, 6) is 2.14. The summed E-state index contributed by atoms with van der Waals surface area (Å²) < 4.78 is 20.6. The SMILES string of the molecule is CCCC(C)CCC(CCC(C)CCC)(c1ccc(OC(=O)OCC)cc1)c1ccc(OC(=O)OCC)cc1. The van der Waals surface area contributed by atoms with Crippen molar-refractivity contribution in [2.24, 2.45) is 11.8 Å². The van der Waals surface area contributed by atoms with Gasteiger partial charge in [-0.1, -0.05) is 77.6 Å². The van der Waals surface area contributed by atoms with Gasteiger partial charge in [0.15, 0.2) is 0 Å². The van der Waals surface area contributed by atoms with Gasteiger partial charge in [0.1, 0.15) is 11.5 Å². The third kappa shape index (κ3) is 10.2. The van der Waals surface area contributed by atoms with Gasteiger partial charge < -0.3 is 18.9 Å². The molecule has 0 N–H and O–H groups in total. The van der Waals surface area contributed by atoms with Crippen molar-refractivity contribution in [2.75, 3.05) is 13.2 Å². The standard InChI is InChI=1S/C33H48O6/c1-7-11-25(5)21-23-33(24-22-26(6)12-8-2,27-13-17-29(18-14-27)38-31(34)36-9-3)28-15-19-30(20-16-28)39-32(35)37-10-4/h13-20,25-26H,7-12,21-24H2,1-6H3. The molecule has 2 unspecified atom stereocenters. The number of rotatable bonds is 16. The number of hydrogen-bond acceptors (Lipinski definition) is 6. The highest BCUT2D eigenvalue weighted by Crippen LogP contribution is 2.44. The molecule has 2 aromatic rings. The molecule has 0 radical (unpaired) electrons. The molecule has 0 spiro atoms. The Bertz CT molecular complexity index is 901. The van der Waals surface area contributed by atoms with E-state index in [2.05, 4.69) is 52.0 Å². The van der Waals surface area contributed by atoms with Gasteiger partial charge in [-0.15, -0.1) is 0 Å². The molecule has 0 heterocycles. The first-order valence-corrected chi connectivity index (χ1v) is 14.7. The van der Waals surface area contributed by atoms with Gasteiger partial charge in [0.05, 0.1) is 13.2 Å². The van der Waals surface area contributed by atoms with Gasteiger partial charge in [-0.25, -0.2) is 9.59 Å². The van der Waals surface area contributed by atoms with Crippen molar-refractivity contribution < 1.29 is 28.5 Å². The molecule has 2 rings (SSSR count). The highest BCUT2D eigenvalue weighted by Gasteiger charge is 2.35. The van der Waals surface area contributed by atoms with Crippen molar-refractivity contribution in [3.63, 3.8) is 0 Å². The normalized spacial score (nSPS) is 12.9. The van der Waals surface area contributed by atoms with Crippen LogP contribution in [-0.4, -0.2) is 25.5 Å². The minimum atomic E-state index is -0.699. The topological polar surface area (TPSA) is 71.1 Å². The molecular weight excluding hydrogens is 492 g/mol. The minimum absolute atomic E-state index is 0.241. The molecule has 2 atom stereocenters. The second-order valence-corrected chi connectivity index (χ2v) is 10.6. The number of ether oxygens (including phenoxy) is 4. The fourth-order valence-corrected chi connectivity index (χ4v) is 5.30. The lowest BCUT2D eigenvalue weighted by Gasteiger charge is -2.37. The lowest BCUT2D eigenvalue weighted by atomic mass is 9.66. The van der Waals surface area contributed by atoms with Gasteiger partial charge in [-0.2, -0.15) is 0 Å². The molecule has 6 heteroatoms. The molecule has 6 nitrogen and oxygen atoms in total. The van der Waals surface area contributed by atoms with E-state index in [1.54, 1.807) is 13.8 Å².